The second kappa shape index (κ2) is 5.82. The summed E-state index contributed by atoms with van der Waals surface area (Å²) in [6.45, 7) is 2.38. The lowest BCUT2D eigenvalue weighted by atomic mass is 9.83. The molecule has 1 aliphatic heterocycles. The van der Waals surface area contributed by atoms with Crippen molar-refractivity contribution in [3.63, 3.8) is 0 Å². The summed E-state index contributed by atoms with van der Waals surface area (Å²) in [6, 6.07) is 7.03. The third-order valence-electron chi connectivity index (χ3n) is 5.24. The SMILES string of the molecule is NC(Cc1cccc(F)c1)C1(N2CCCC2)CCCC1. The quantitative estimate of drug-likeness (QED) is 0.915. The van der Waals surface area contributed by atoms with Crippen molar-refractivity contribution in [2.75, 3.05) is 13.1 Å². The van der Waals surface area contributed by atoms with Crippen molar-refractivity contribution in [3.8, 4) is 0 Å². The standard InChI is InChI=1S/C17H25FN2/c18-15-7-5-6-14(12-15)13-16(19)17(8-1-2-9-17)20-10-3-4-11-20/h5-7,12,16H,1-4,8-11,13,19H2. The normalized spacial score (nSPS) is 24.1. The van der Waals surface area contributed by atoms with Gasteiger partial charge in [0, 0.05) is 11.6 Å². The van der Waals surface area contributed by atoms with Crippen LogP contribution in [0.2, 0.25) is 0 Å². The lowest BCUT2D eigenvalue weighted by molar-refractivity contribution is 0.0921. The summed E-state index contributed by atoms with van der Waals surface area (Å²) in [5.74, 6) is -0.156. The maximum absolute atomic E-state index is 13.3. The van der Waals surface area contributed by atoms with Crippen molar-refractivity contribution >= 4 is 0 Å². The molecule has 2 nitrogen and oxygen atoms in total. The van der Waals surface area contributed by atoms with E-state index >= 15 is 0 Å². The Morgan fingerprint density at radius 2 is 1.85 bits per heavy atom. The van der Waals surface area contributed by atoms with Crippen LogP contribution in [0.25, 0.3) is 0 Å². The van der Waals surface area contributed by atoms with Gasteiger partial charge in [-0.25, -0.2) is 4.39 Å². The predicted molar refractivity (Wildman–Crippen MR) is 80.1 cm³/mol. The van der Waals surface area contributed by atoms with Crippen LogP contribution in [-0.2, 0) is 6.42 Å². The molecule has 0 spiro atoms. The minimum absolute atomic E-state index is 0.116. The van der Waals surface area contributed by atoms with E-state index in [1.165, 1.54) is 57.7 Å². The van der Waals surface area contributed by atoms with Gasteiger partial charge in [0.1, 0.15) is 5.82 Å². The molecule has 0 bridgehead atoms. The zero-order chi connectivity index (χ0) is 14.0. The van der Waals surface area contributed by atoms with Crippen LogP contribution in [0.4, 0.5) is 4.39 Å². The average Bonchev–Trinajstić information content (AvgIpc) is 3.11. The molecule has 0 aromatic heterocycles. The Morgan fingerprint density at radius 3 is 2.50 bits per heavy atom. The third kappa shape index (κ3) is 2.61. The summed E-state index contributed by atoms with van der Waals surface area (Å²) in [4.78, 5) is 2.63. The minimum Gasteiger partial charge on any atom is -0.326 e. The molecule has 1 saturated carbocycles. The number of hydrogen-bond donors (Lipinski definition) is 1. The first-order valence-electron chi connectivity index (χ1n) is 7.96. The van der Waals surface area contributed by atoms with Crippen LogP contribution in [0.15, 0.2) is 24.3 Å². The molecule has 1 aromatic carbocycles. The van der Waals surface area contributed by atoms with Gasteiger partial charge in [0.2, 0.25) is 0 Å². The van der Waals surface area contributed by atoms with E-state index in [0.29, 0.717) is 0 Å². The fourth-order valence-corrected chi connectivity index (χ4v) is 4.18. The highest BCUT2D eigenvalue weighted by Gasteiger charge is 2.44. The molecule has 1 unspecified atom stereocenters. The monoisotopic (exact) mass is 276 g/mol. The van der Waals surface area contributed by atoms with Crippen LogP contribution in [0, 0.1) is 5.82 Å². The second-order valence-corrected chi connectivity index (χ2v) is 6.45. The van der Waals surface area contributed by atoms with Crippen LogP contribution >= 0.6 is 0 Å². The fourth-order valence-electron chi connectivity index (χ4n) is 4.18. The molecule has 1 heterocycles. The van der Waals surface area contributed by atoms with Gasteiger partial charge in [-0.15, -0.1) is 0 Å². The number of benzene rings is 1. The second-order valence-electron chi connectivity index (χ2n) is 6.45. The highest BCUT2D eigenvalue weighted by Crippen LogP contribution is 2.40. The molecule has 20 heavy (non-hydrogen) atoms. The van der Waals surface area contributed by atoms with E-state index in [4.69, 9.17) is 5.73 Å². The number of nitrogens with zero attached hydrogens (tertiary/aromatic N) is 1. The molecule has 2 fully saturated rings. The molecule has 2 aliphatic rings. The van der Waals surface area contributed by atoms with E-state index in [1.54, 1.807) is 12.1 Å². The van der Waals surface area contributed by atoms with Gasteiger partial charge in [-0.3, -0.25) is 4.90 Å². The maximum Gasteiger partial charge on any atom is 0.123 e. The van der Waals surface area contributed by atoms with Crippen molar-refractivity contribution in [1.29, 1.82) is 0 Å². The molecule has 3 heteroatoms. The van der Waals surface area contributed by atoms with Crippen molar-refractivity contribution in [2.24, 2.45) is 5.73 Å². The lowest BCUT2D eigenvalue weighted by Gasteiger charge is -2.43. The van der Waals surface area contributed by atoms with Crippen LogP contribution in [0.5, 0.6) is 0 Å². The largest absolute Gasteiger partial charge is 0.326 e. The van der Waals surface area contributed by atoms with Gasteiger partial charge in [-0.1, -0.05) is 25.0 Å². The van der Waals surface area contributed by atoms with Crippen LogP contribution < -0.4 is 5.73 Å². The number of halogens is 1. The summed E-state index contributed by atoms with van der Waals surface area (Å²) in [5.41, 5.74) is 7.81. The number of nitrogens with two attached hydrogens (primary N) is 1. The first-order chi connectivity index (χ1) is 9.71. The Kier molecular flexibility index (Phi) is 4.08. The molecular weight excluding hydrogens is 251 g/mol. The summed E-state index contributed by atoms with van der Waals surface area (Å²) in [5, 5.41) is 0. The zero-order valence-corrected chi connectivity index (χ0v) is 12.2. The summed E-state index contributed by atoms with van der Waals surface area (Å²) < 4.78 is 13.3. The highest BCUT2D eigenvalue weighted by atomic mass is 19.1. The Balaban J connectivity index is 1.77. The van der Waals surface area contributed by atoms with Crippen LogP contribution in [-0.4, -0.2) is 29.6 Å². The molecule has 1 atom stereocenters. The summed E-state index contributed by atoms with van der Waals surface area (Å²) >= 11 is 0. The molecule has 2 N–H and O–H groups in total. The van der Waals surface area contributed by atoms with Gasteiger partial charge >= 0.3 is 0 Å². The predicted octanol–water partition coefficient (Wildman–Crippen LogP) is 3.10. The highest BCUT2D eigenvalue weighted by molar-refractivity contribution is 5.19. The molecule has 110 valence electrons. The smallest absolute Gasteiger partial charge is 0.123 e. The van der Waals surface area contributed by atoms with E-state index in [0.717, 1.165) is 12.0 Å². The van der Waals surface area contributed by atoms with Gasteiger partial charge < -0.3 is 5.73 Å². The van der Waals surface area contributed by atoms with E-state index in [1.807, 2.05) is 6.07 Å². The first-order valence-corrected chi connectivity index (χ1v) is 7.96. The molecule has 0 amide bonds. The maximum atomic E-state index is 13.3. The average molecular weight is 276 g/mol. The van der Waals surface area contributed by atoms with Gasteiger partial charge in [-0.05, 0) is 62.9 Å². The Labute approximate surface area is 121 Å². The third-order valence-corrected chi connectivity index (χ3v) is 5.24. The van der Waals surface area contributed by atoms with Gasteiger partial charge in [0.05, 0.1) is 0 Å². The van der Waals surface area contributed by atoms with Crippen LogP contribution in [0.3, 0.4) is 0 Å². The molecular formula is C17H25FN2. The summed E-state index contributed by atoms with van der Waals surface area (Å²) in [7, 11) is 0. The van der Waals surface area contributed by atoms with Gasteiger partial charge in [0.15, 0.2) is 0 Å². The van der Waals surface area contributed by atoms with Gasteiger partial charge in [-0.2, -0.15) is 0 Å². The molecule has 3 rings (SSSR count). The molecule has 1 saturated heterocycles. The number of likely N-dealkylation sites (tertiary alicyclic amines) is 1. The molecule has 1 aromatic rings. The van der Waals surface area contributed by atoms with Gasteiger partial charge in [0.25, 0.3) is 0 Å². The number of hydrogen-bond acceptors (Lipinski definition) is 2. The fraction of sp³-hybridized carbons (Fsp3) is 0.647. The Hall–Kier alpha value is -0.930. The van der Waals surface area contributed by atoms with E-state index < -0.39 is 0 Å². The van der Waals surface area contributed by atoms with E-state index in [2.05, 4.69) is 4.90 Å². The lowest BCUT2D eigenvalue weighted by Crippen LogP contribution is -2.58. The number of rotatable bonds is 4. The first kappa shape index (κ1) is 14.0. The van der Waals surface area contributed by atoms with Crippen molar-refractivity contribution < 1.29 is 4.39 Å². The van der Waals surface area contributed by atoms with Crippen molar-refractivity contribution in [3.05, 3.63) is 35.6 Å². The Morgan fingerprint density at radius 1 is 1.15 bits per heavy atom. The van der Waals surface area contributed by atoms with E-state index in [9.17, 15) is 4.39 Å². The van der Waals surface area contributed by atoms with E-state index in [-0.39, 0.29) is 17.4 Å². The van der Waals surface area contributed by atoms with Crippen molar-refractivity contribution in [2.45, 2.75) is 56.5 Å². The molecule has 0 radical (unpaired) electrons. The van der Waals surface area contributed by atoms with Crippen molar-refractivity contribution in [1.82, 2.24) is 4.90 Å². The topological polar surface area (TPSA) is 29.3 Å². The Bertz CT molecular complexity index is 448. The zero-order valence-electron chi connectivity index (χ0n) is 12.2. The van der Waals surface area contributed by atoms with Crippen LogP contribution in [0.1, 0.15) is 44.1 Å². The minimum atomic E-state index is -0.156. The molecule has 1 aliphatic carbocycles. The summed E-state index contributed by atoms with van der Waals surface area (Å²) in [6.07, 6.45) is 8.38.